The molecule has 4 heteroatoms. The Labute approximate surface area is 96.7 Å². The monoisotopic (exact) mass is 238 g/mol. The average molecular weight is 238 g/mol. The van der Waals surface area contributed by atoms with E-state index >= 15 is 0 Å². The van der Waals surface area contributed by atoms with E-state index in [1.165, 1.54) is 25.7 Å². The SMILES string of the molecule is CCCCCC.S=C=S.S=C=S. The molecule has 0 unspecified atom stereocenters. The van der Waals surface area contributed by atoms with E-state index in [4.69, 9.17) is 0 Å². The first-order chi connectivity index (χ1) is 5.74. The third-order valence-electron chi connectivity index (χ3n) is 0.957. The summed E-state index contributed by atoms with van der Waals surface area (Å²) in [6, 6.07) is 0. The van der Waals surface area contributed by atoms with Crippen molar-refractivity contribution in [1.29, 1.82) is 0 Å². The van der Waals surface area contributed by atoms with Crippen LogP contribution in [0.1, 0.15) is 39.5 Å². The zero-order valence-corrected chi connectivity index (χ0v) is 10.7. The fourth-order valence-corrected chi connectivity index (χ4v) is 0.500. The number of hydrogen-bond acceptors (Lipinski definition) is 4. The second-order valence-electron chi connectivity index (χ2n) is 1.87. The zero-order valence-electron chi connectivity index (χ0n) is 7.46. The predicted molar refractivity (Wildman–Crippen MR) is 70.2 cm³/mol. The summed E-state index contributed by atoms with van der Waals surface area (Å²) < 4.78 is 3.83. The predicted octanol–water partition coefficient (Wildman–Crippen LogP) is 4.62. The van der Waals surface area contributed by atoms with E-state index in [0.29, 0.717) is 0 Å². The molecular formula is C8H14S4. The van der Waals surface area contributed by atoms with Crippen LogP contribution in [0, 0.1) is 0 Å². The molecule has 0 fully saturated rings. The average Bonchev–Trinajstić information content (AvgIpc) is 2.04. The fourth-order valence-electron chi connectivity index (χ4n) is 0.500. The van der Waals surface area contributed by atoms with Crippen LogP contribution in [-0.4, -0.2) is 8.63 Å². The Morgan fingerprint density at radius 2 is 0.917 bits per heavy atom. The highest BCUT2D eigenvalue weighted by Gasteiger charge is 1.75. The molecule has 12 heavy (non-hydrogen) atoms. The largest absolute Gasteiger partial charge is 0.0654 e. The first-order valence-corrected chi connectivity index (χ1v) is 5.36. The Morgan fingerprint density at radius 1 is 0.750 bits per heavy atom. The molecule has 0 saturated heterocycles. The van der Waals surface area contributed by atoms with Crippen molar-refractivity contribution in [1.82, 2.24) is 0 Å². The van der Waals surface area contributed by atoms with Crippen LogP contribution in [0.5, 0.6) is 0 Å². The van der Waals surface area contributed by atoms with Gasteiger partial charge in [0.05, 0.1) is 0 Å². The van der Waals surface area contributed by atoms with Crippen LogP contribution in [0.4, 0.5) is 0 Å². The van der Waals surface area contributed by atoms with Gasteiger partial charge in [0.1, 0.15) is 0 Å². The second-order valence-corrected chi connectivity index (χ2v) is 3.21. The lowest BCUT2D eigenvalue weighted by atomic mass is 10.2. The van der Waals surface area contributed by atoms with Crippen LogP contribution >= 0.6 is 48.9 Å². The molecule has 0 aromatic rings. The third-order valence-corrected chi connectivity index (χ3v) is 0.957. The van der Waals surface area contributed by atoms with Gasteiger partial charge in [0.2, 0.25) is 0 Å². The lowest BCUT2D eigenvalue weighted by molar-refractivity contribution is 0.702. The summed E-state index contributed by atoms with van der Waals surface area (Å²) in [5.74, 6) is 0. The summed E-state index contributed by atoms with van der Waals surface area (Å²) in [4.78, 5) is 0. The molecule has 70 valence electrons. The molecule has 0 saturated carbocycles. The Bertz CT molecular complexity index is 103. The first kappa shape index (κ1) is 18.3. The van der Waals surface area contributed by atoms with Gasteiger partial charge in [0.25, 0.3) is 0 Å². The van der Waals surface area contributed by atoms with Crippen molar-refractivity contribution in [2.45, 2.75) is 39.5 Å². The Kier molecular flexibility index (Phi) is 45.8. The van der Waals surface area contributed by atoms with E-state index in [0.717, 1.165) is 0 Å². The molecule has 0 nitrogen and oxygen atoms in total. The van der Waals surface area contributed by atoms with Gasteiger partial charge >= 0.3 is 0 Å². The molecule has 0 aliphatic heterocycles. The van der Waals surface area contributed by atoms with Crippen molar-refractivity contribution in [3.05, 3.63) is 0 Å². The van der Waals surface area contributed by atoms with Gasteiger partial charge in [-0.05, 0) is 48.9 Å². The van der Waals surface area contributed by atoms with Gasteiger partial charge in [-0.2, -0.15) is 0 Å². The molecular weight excluding hydrogens is 224 g/mol. The van der Waals surface area contributed by atoms with E-state index in [-0.39, 0.29) is 0 Å². The van der Waals surface area contributed by atoms with Crippen molar-refractivity contribution in [2.75, 3.05) is 0 Å². The normalized spacial score (nSPS) is 5.83. The summed E-state index contributed by atoms with van der Waals surface area (Å²) in [6.45, 7) is 4.46. The second kappa shape index (κ2) is 30.1. The van der Waals surface area contributed by atoms with Gasteiger partial charge in [0, 0.05) is 8.63 Å². The molecule has 0 atom stereocenters. The molecule has 0 spiro atoms. The zero-order chi connectivity index (χ0) is 10.2. The van der Waals surface area contributed by atoms with Crippen molar-refractivity contribution in [3.63, 3.8) is 0 Å². The maximum absolute atomic E-state index is 3.96. The van der Waals surface area contributed by atoms with E-state index in [2.05, 4.69) is 62.7 Å². The molecule has 0 bridgehead atoms. The lowest BCUT2D eigenvalue weighted by Gasteiger charge is -1.86. The van der Waals surface area contributed by atoms with Gasteiger partial charge in [0.15, 0.2) is 0 Å². The van der Waals surface area contributed by atoms with E-state index in [9.17, 15) is 0 Å². The molecule has 0 amide bonds. The van der Waals surface area contributed by atoms with Gasteiger partial charge in [-0.3, -0.25) is 0 Å². The summed E-state index contributed by atoms with van der Waals surface area (Å²) in [6.07, 6.45) is 5.54. The summed E-state index contributed by atoms with van der Waals surface area (Å²) in [5.41, 5.74) is 0. The van der Waals surface area contributed by atoms with Gasteiger partial charge in [-0.25, -0.2) is 0 Å². The van der Waals surface area contributed by atoms with E-state index in [1.807, 2.05) is 8.63 Å². The number of rotatable bonds is 3. The summed E-state index contributed by atoms with van der Waals surface area (Å²) in [5, 5.41) is 0. The van der Waals surface area contributed by atoms with Crippen LogP contribution in [0.15, 0.2) is 0 Å². The first-order valence-electron chi connectivity index (χ1n) is 3.73. The number of unbranched alkanes of at least 4 members (excludes halogenated alkanes) is 3. The third kappa shape index (κ3) is 78.6. The van der Waals surface area contributed by atoms with Crippen LogP contribution in [0.2, 0.25) is 0 Å². The van der Waals surface area contributed by atoms with Crippen LogP contribution in [-0.2, 0) is 0 Å². The van der Waals surface area contributed by atoms with Crippen molar-refractivity contribution >= 4 is 57.5 Å². The minimum atomic E-state index is 1.36. The standard InChI is InChI=1S/C6H14.2CS2/c1-3-5-6-4-2;2*2-1-3/h3-6H2,1-2H3;;. The highest BCUT2D eigenvalue weighted by atomic mass is 32.1. The lowest BCUT2D eigenvalue weighted by Crippen LogP contribution is -1.66. The van der Waals surface area contributed by atoms with E-state index < -0.39 is 0 Å². The van der Waals surface area contributed by atoms with Crippen molar-refractivity contribution < 1.29 is 0 Å². The maximum Gasteiger partial charge on any atom is 0.0297 e. The minimum Gasteiger partial charge on any atom is -0.0654 e. The highest BCUT2D eigenvalue weighted by Crippen LogP contribution is 1.95. The molecule has 0 heterocycles. The molecule has 0 N–H and O–H groups in total. The fraction of sp³-hybridized carbons (Fsp3) is 0.750. The molecule has 0 aliphatic rings. The number of thiocarbonyl (C=S) groups is 4. The van der Waals surface area contributed by atoms with E-state index in [1.54, 1.807) is 0 Å². The molecule has 0 aromatic carbocycles. The summed E-state index contributed by atoms with van der Waals surface area (Å²) >= 11 is 15.8. The van der Waals surface area contributed by atoms with Crippen molar-refractivity contribution in [3.8, 4) is 0 Å². The van der Waals surface area contributed by atoms with Crippen molar-refractivity contribution in [2.24, 2.45) is 0 Å². The van der Waals surface area contributed by atoms with Gasteiger partial charge in [-0.15, -0.1) is 0 Å². The van der Waals surface area contributed by atoms with Crippen LogP contribution in [0.25, 0.3) is 0 Å². The topological polar surface area (TPSA) is 0 Å². The smallest absolute Gasteiger partial charge is 0.0297 e. The van der Waals surface area contributed by atoms with Gasteiger partial charge in [-0.1, -0.05) is 39.5 Å². The Morgan fingerprint density at radius 3 is 1.00 bits per heavy atom. The molecule has 0 aliphatic carbocycles. The van der Waals surface area contributed by atoms with Gasteiger partial charge < -0.3 is 0 Å². The number of hydrogen-bond donors (Lipinski definition) is 0. The quantitative estimate of drug-likeness (QED) is 0.519. The molecule has 0 rings (SSSR count). The van der Waals surface area contributed by atoms with Crippen LogP contribution < -0.4 is 0 Å². The Hall–Kier alpha value is 0.440. The molecule has 0 aromatic heterocycles. The highest BCUT2D eigenvalue weighted by molar-refractivity contribution is 7.94. The molecule has 0 radical (unpaired) electrons. The Balaban J connectivity index is -0.000000115. The minimum absolute atomic E-state index is 1.36. The summed E-state index contributed by atoms with van der Waals surface area (Å²) in [7, 11) is 0. The van der Waals surface area contributed by atoms with Crippen LogP contribution in [0.3, 0.4) is 0 Å². The maximum atomic E-state index is 3.96.